The van der Waals surface area contributed by atoms with E-state index in [1.165, 1.54) is 0 Å². The fourth-order valence-corrected chi connectivity index (χ4v) is 1.09. The van der Waals surface area contributed by atoms with Crippen LogP contribution in [0.1, 0.15) is 5.56 Å². The molecule has 1 nitrogen and oxygen atoms in total. The molecule has 0 radical (unpaired) electrons. The molecule has 0 spiro atoms. The van der Waals surface area contributed by atoms with Crippen LogP contribution < -0.4 is 5.73 Å². The molecule has 1 aromatic rings. The van der Waals surface area contributed by atoms with Gasteiger partial charge in [0.25, 0.3) is 0 Å². The molecule has 0 fully saturated rings. The third-order valence-electron chi connectivity index (χ3n) is 1.41. The van der Waals surface area contributed by atoms with Gasteiger partial charge in [0.2, 0.25) is 0 Å². The van der Waals surface area contributed by atoms with E-state index in [1.54, 1.807) is 0 Å². The molecule has 0 aliphatic rings. The second-order valence-corrected chi connectivity index (χ2v) is 2.84. The largest absolute Gasteiger partial charge is 0.417 e. The Morgan fingerprint density at radius 3 is 2.23 bits per heavy atom. The van der Waals surface area contributed by atoms with Gasteiger partial charge in [-0.25, -0.2) is 4.39 Å². The van der Waals surface area contributed by atoms with Crippen LogP contribution in [0.4, 0.5) is 23.2 Å². The zero-order chi connectivity index (χ0) is 10.2. The van der Waals surface area contributed by atoms with Gasteiger partial charge in [-0.2, -0.15) is 13.2 Å². The Labute approximate surface area is 77.0 Å². The lowest BCUT2D eigenvalue weighted by atomic mass is 10.2. The van der Waals surface area contributed by atoms with E-state index >= 15 is 0 Å². The molecule has 1 aromatic carbocycles. The average molecular weight is 211 g/mol. The van der Waals surface area contributed by atoms with Crippen LogP contribution in [-0.4, -0.2) is 0 Å². The number of benzene rings is 1. The van der Waals surface area contributed by atoms with Gasteiger partial charge in [-0.05, 0) is 12.1 Å². The van der Waals surface area contributed by atoms with Gasteiger partial charge in [-0.1, -0.05) is 0 Å². The van der Waals surface area contributed by atoms with Gasteiger partial charge in [-0.3, -0.25) is 0 Å². The standard InChI is InChI=1S/C7H5F4NS/c8-3-1-4(7(9,10)11)6(13)5(12)2-3/h1-2,13H,12H2. The van der Waals surface area contributed by atoms with Crippen molar-refractivity contribution in [1.82, 2.24) is 0 Å². The Bertz CT molecular complexity index is 334. The maximum absolute atomic E-state index is 12.5. The van der Waals surface area contributed by atoms with Gasteiger partial charge in [0.05, 0.1) is 5.56 Å². The molecular formula is C7H5F4NS. The number of halogens is 4. The third kappa shape index (κ3) is 2.06. The molecule has 0 aromatic heterocycles. The van der Waals surface area contributed by atoms with Crippen LogP contribution in [0, 0.1) is 5.82 Å². The second kappa shape index (κ2) is 3.10. The summed E-state index contributed by atoms with van der Waals surface area (Å²) in [6.07, 6.45) is -4.63. The molecule has 0 aliphatic heterocycles. The van der Waals surface area contributed by atoms with Crippen molar-refractivity contribution in [3.05, 3.63) is 23.5 Å². The monoisotopic (exact) mass is 211 g/mol. The van der Waals surface area contributed by atoms with Gasteiger partial charge < -0.3 is 5.73 Å². The predicted octanol–water partition coefficient (Wildman–Crippen LogP) is 2.72. The van der Waals surface area contributed by atoms with E-state index < -0.39 is 22.5 Å². The summed E-state index contributed by atoms with van der Waals surface area (Å²) in [6, 6.07) is 1.15. The van der Waals surface area contributed by atoms with Gasteiger partial charge in [0, 0.05) is 10.6 Å². The highest BCUT2D eigenvalue weighted by atomic mass is 32.1. The average Bonchev–Trinajstić information content (AvgIpc) is 1.94. The Kier molecular flexibility index (Phi) is 2.42. The Morgan fingerprint density at radius 1 is 1.23 bits per heavy atom. The van der Waals surface area contributed by atoms with Crippen LogP contribution in [0.15, 0.2) is 17.0 Å². The van der Waals surface area contributed by atoms with E-state index in [1.807, 2.05) is 0 Å². The number of nitrogens with two attached hydrogens (primary N) is 1. The maximum Gasteiger partial charge on any atom is 0.417 e. The van der Waals surface area contributed by atoms with E-state index in [2.05, 4.69) is 12.6 Å². The topological polar surface area (TPSA) is 26.0 Å². The highest BCUT2D eigenvalue weighted by molar-refractivity contribution is 7.80. The molecule has 0 amide bonds. The summed E-state index contributed by atoms with van der Waals surface area (Å²) >= 11 is 3.54. The van der Waals surface area contributed by atoms with E-state index in [0.29, 0.717) is 6.07 Å². The van der Waals surface area contributed by atoms with Crippen LogP contribution in [0.5, 0.6) is 0 Å². The minimum absolute atomic E-state index is 0.323. The van der Waals surface area contributed by atoms with Crippen LogP contribution in [0.2, 0.25) is 0 Å². The summed E-state index contributed by atoms with van der Waals surface area (Å²) in [5, 5.41) is 0. The van der Waals surface area contributed by atoms with Crippen molar-refractivity contribution in [2.24, 2.45) is 0 Å². The second-order valence-electron chi connectivity index (χ2n) is 2.39. The molecule has 13 heavy (non-hydrogen) atoms. The first kappa shape index (κ1) is 10.2. The summed E-state index contributed by atoms with van der Waals surface area (Å²) in [4.78, 5) is -0.450. The molecule has 0 unspecified atom stereocenters. The molecule has 0 heterocycles. The van der Waals surface area contributed by atoms with E-state index in [4.69, 9.17) is 5.73 Å². The highest BCUT2D eigenvalue weighted by Crippen LogP contribution is 2.36. The van der Waals surface area contributed by atoms with Crippen molar-refractivity contribution in [2.75, 3.05) is 5.73 Å². The summed E-state index contributed by atoms with van der Waals surface area (Å²) in [7, 11) is 0. The zero-order valence-electron chi connectivity index (χ0n) is 6.19. The normalized spacial score (nSPS) is 11.8. The molecule has 0 bridgehead atoms. The van der Waals surface area contributed by atoms with Crippen molar-refractivity contribution in [3.63, 3.8) is 0 Å². The minimum Gasteiger partial charge on any atom is -0.398 e. The summed E-state index contributed by atoms with van der Waals surface area (Å²) in [6.45, 7) is 0. The molecule has 0 aliphatic carbocycles. The van der Waals surface area contributed by atoms with E-state index in [-0.39, 0.29) is 5.69 Å². The number of hydrogen-bond acceptors (Lipinski definition) is 2. The predicted molar refractivity (Wildman–Crippen MR) is 43.1 cm³/mol. The van der Waals surface area contributed by atoms with Gasteiger partial charge >= 0.3 is 6.18 Å². The van der Waals surface area contributed by atoms with Gasteiger partial charge in [0.15, 0.2) is 0 Å². The minimum atomic E-state index is -4.63. The lowest BCUT2D eigenvalue weighted by molar-refractivity contribution is -0.139. The van der Waals surface area contributed by atoms with Crippen molar-refractivity contribution in [1.29, 1.82) is 0 Å². The Balaban J connectivity index is 3.37. The molecule has 0 atom stereocenters. The Hall–Kier alpha value is -0.910. The van der Waals surface area contributed by atoms with Crippen molar-refractivity contribution < 1.29 is 17.6 Å². The number of anilines is 1. The first-order valence-corrected chi connectivity index (χ1v) is 3.62. The number of rotatable bonds is 0. The van der Waals surface area contributed by atoms with E-state index in [9.17, 15) is 17.6 Å². The number of alkyl halides is 3. The third-order valence-corrected chi connectivity index (χ3v) is 1.91. The molecule has 6 heteroatoms. The van der Waals surface area contributed by atoms with Crippen LogP contribution >= 0.6 is 12.6 Å². The summed E-state index contributed by atoms with van der Waals surface area (Å²) in [5.41, 5.74) is 3.62. The molecule has 0 saturated carbocycles. The van der Waals surface area contributed by atoms with Crippen molar-refractivity contribution in [3.8, 4) is 0 Å². The molecule has 2 N–H and O–H groups in total. The van der Waals surface area contributed by atoms with Crippen molar-refractivity contribution in [2.45, 2.75) is 11.1 Å². The smallest absolute Gasteiger partial charge is 0.398 e. The first-order valence-electron chi connectivity index (χ1n) is 3.17. The number of nitrogen functional groups attached to an aromatic ring is 1. The van der Waals surface area contributed by atoms with Crippen LogP contribution in [-0.2, 0) is 6.18 Å². The maximum atomic E-state index is 12.5. The summed E-state index contributed by atoms with van der Waals surface area (Å²) < 4.78 is 48.9. The van der Waals surface area contributed by atoms with Gasteiger partial charge in [0.1, 0.15) is 5.82 Å². The molecule has 72 valence electrons. The lowest BCUT2D eigenvalue weighted by Crippen LogP contribution is -2.08. The first-order chi connectivity index (χ1) is 5.82. The highest BCUT2D eigenvalue weighted by Gasteiger charge is 2.34. The number of hydrogen-bond donors (Lipinski definition) is 2. The SMILES string of the molecule is Nc1cc(F)cc(C(F)(F)F)c1S. The molecule has 0 saturated heterocycles. The van der Waals surface area contributed by atoms with Crippen molar-refractivity contribution >= 4 is 18.3 Å². The quantitative estimate of drug-likeness (QED) is 0.385. The Morgan fingerprint density at radius 2 is 1.77 bits per heavy atom. The lowest BCUT2D eigenvalue weighted by Gasteiger charge is -2.10. The molecule has 1 rings (SSSR count). The van der Waals surface area contributed by atoms with Crippen LogP contribution in [0.25, 0.3) is 0 Å². The fraction of sp³-hybridized carbons (Fsp3) is 0.143. The number of thiol groups is 1. The molecular weight excluding hydrogens is 206 g/mol. The van der Waals surface area contributed by atoms with Gasteiger partial charge in [-0.15, -0.1) is 12.6 Å². The zero-order valence-corrected chi connectivity index (χ0v) is 7.09. The summed E-state index contributed by atoms with van der Waals surface area (Å²) in [5.74, 6) is -1.03. The fourth-order valence-electron chi connectivity index (χ4n) is 0.836. The van der Waals surface area contributed by atoms with E-state index in [0.717, 1.165) is 6.07 Å². The van der Waals surface area contributed by atoms with Crippen LogP contribution in [0.3, 0.4) is 0 Å².